The van der Waals surface area contributed by atoms with E-state index in [1.807, 2.05) is 19.1 Å². The van der Waals surface area contributed by atoms with Crippen molar-refractivity contribution in [3.8, 4) is 0 Å². The van der Waals surface area contributed by atoms with E-state index in [2.05, 4.69) is 4.98 Å². The van der Waals surface area contributed by atoms with Crippen LogP contribution in [-0.4, -0.2) is 18.3 Å². The zero-order valence-electron chi connectivity index (χ0n) is 10.4. The average Bonchev–Trinajstić information content (AvgIpc) is 2.17. The standard InChI is InChI=1S/C13H15FNOP/c1-8-7-11(14)12-10(6-5-9(2)15-12)13(8)17(3,4)16/h5-7H,1-4H3. The number of rotatable bonds is 1. The van der Waals surface area contributed by atoms with E-state index in [9.17, 15) is 8.96 Å². The summed E-state index contributed by atoms with van der Waals surface area (Å²) < 4.78 is 26.1. The smallest absolute Gasteiger partial charge is 0.149 e. The molecular formula is C13H15FNOP. The molecule has 0 aliphatic rings. The molecule has 0 fully saturated rings. The van der Waals surface area contributed by atoms with Gasteiger partial charge in [-0.05, 0) is 44.9 Å². The van der Waals surface area contributed by atoms with Crippen LogP contribution < -0.4 is 5.30 Å². The Morgan fingerprint density at radius 2 is 1.88 bits per heavy atom. The lowest BCUT2D eigenvalue weighted by atomic mass is 10.1. The topological polar surface area (TPSA) is 30.0 Å². The van der Waals surface area contributed by atoms with Crippen molar-refractivity contribution >= 4 is 23.3 Å². The average molecular weight is 251 g/mol. The van der Waals surface area contributed by atoms with Gasteiger partial charge >= 0.3 is 0 Å². The minimum absolute atomic E-state index is 0.314. The molecule has 0 bridgehead atoms. The lowest BCUT2D eigenvalue weighted by Gasteiger charge is -2.14. The Labute approximate surface area is 100 Å². The van der Waals surface area contributed by atoms with Crippen molar-refractivity contribution in [1.29, 1.82) is 0 Å². The zero-order valence-corrected chi connectivity index (χ0v) is 11.3. The first kappa shape index (κ1) is 12.3. The van der Waals surface area contributed by atoms with Gasteiger partial charge in [0.2, 0.25) is 0 Å². The molecule has 0 saturated heterocycles. The molecule has 1 heterocycles. The van der Waals surface area contributed by atoms with E-state index in [-0.39, 0.29) is 5.82 Å². The van der Waals surface area contributed by atoms with Crippen LogP contribution in [0.2, 0.25) is 0 Å². The molecule has 0 atom stereocenters. The molecule has 4 heteroatoms. The Morgan fingerprint density at radius 3 is 2.47 bits per heavy atom. The van der Waals surface area contributed by atoms with E-state index in [4.69, 9.17) is 0 Å². The van der Waals surface area contributed by atoms with Crippen LogP contribution in [0, 0.1) is 19.7 Å². The summed E-state index contributed by atoms with van der Waals surface area (Å²) in [6.07, 6.45) is 0. The summed E-state index contributed by atoms with van der Waals surface area (Å²) in [6, 6.07) is 5.05. The summed E-state index contributed by atoms with van der Waals surface area (Å²) in [5, 5.41) is 1.41. The predicted molar refractivity (Wildman–Crippen MR) is 70.3 cm³/mol. The van der Waals surface area contributed by atoms with E-state index in [0.717, 1.165) is 16.6 Å². The first-order chi connectivity index (χ1) is 7.80. The van der Waals surface area contributed by atoms with Gasteiger partial charge in [-0.25, -0.2) is 4.39 Å². The lowest BCUT2D eigenvalue weighted by Crippen LogP contribution is -2.11. The Morgan fingerprint density at radius 1 is 1.24 bits per heavy atom. The van der Waals surface area contributed by atoms with E-state index in [1.165, 1.54) is 6.07 Å². The van der Waals surface area contributed by atoms with E-state index in [1.54, 1.807) is 20.3 Å². The van der Waals surface area contributed by atoms with Crippen LogP contribution in [0.1, 0.15) is 11.3 Å². The number of aromatic nitrogens is 1. The minimum atomic E-state index is -2.44. The molecule has 2 nitrogen and oxygen atoms in total. The molecule has 2 rings (SSSR count). The Hall–Kier alpha value is -1.21. The number of hydrogen-bond donors (Lipinski definition) is 0. The van der Waals surface area contributed by atoms with Crippen molar-refractivity contribution < 1.29 is 8.96 Å². The molecule has 1 aromatic heterocycles. The first-order valence-electron chi connectivity index (χ1n) is 5.42. The number of nitrogens with zero attached hydrogens (tertiary/aromatic N) is 1. The van der Waals surface area contributed by atoms with Gasteiger partial charge in [-0.3, -0.25) is 4.98 Å². The van der Waals surface area contributed by atoms with E-state index in [0.29, 0.717) is 10.9 Å². The molecule has 17 heavy (non-hydrogen) atoms. The van der Waals surface area contributed by atoms with Crippen LogP contribution in [0.4, 0.5) is 4.39 Å². The Kier molecular flexibility index (Phi) is 2.82. The first-order valence-corrected chi connectivity index (χ1v) is 8.03. The number of aryl methyl sites for hydroxylation is 2. The Bertz CT molecular complexity index is 645. The maximum Gasteiger partial charge on any atom is 0.149 e. The summed E-state index contributed by atoms with van der Waals surface area (Å²) in [5.74, 6) is -0.349. The SMILES string of the molecule is Cc1ccc2c(P(C)(C)=O)c(C)cc(F)c2n1. The molecule has 0 saturated carbocycles. The van der Waals surface area contributed by atoms with Gasteiger partial charge in [0.05, 0.1) is 0 Å². The number of benzene rings is 1. The Balaban J connectivity index is 2.99. The number of halogens is 1. The van der Waals surface area contributed by atoms with Crippen molar-refractivity contribution in [3.63, 3.8) is 0 Å². The van der Waals surface area contributed by atoms with Gasteiger partial charge in [0.15, 0.2) is 0 Å². The summed E-state index contributed by atoms with van der Waals surface area (Å²) in [6.45, 7) is 7.01. The largest absolute Gasteiger partial charge is 0.319 e. The van der Waals surface area contributed by atoms with Gasteiger partial charge in [-0.1, -0.05) is 6.07 Å². The van der Waals surface area contributed by atoms with E-state index >= 15 is 0 Å². The van der Waals surface area contributed by atoms with Crippen molar-refractivity contribution in [2.75, 3.05) is 13.3 Å². The molecule has 0 spiro atoms. The highest BCUT2D eigenvalue weighted by molar-refractivity contribution is 7.70. The molecule has 0 aliphatic carbocycles. The van der Waals surface area contributed by atoms with Crippen LogP contribution >= 0.6 is 7.14 Å². The highest BCUT2D eigenvalue weighted by atomic mass is 31.2. The normalized spacial score (nSPS) is 12.1. The van der Waals surface area contributed by atoms with Crippen molar-refractivity contribution in [3.05, 3.63) is 35.3 Å². The summed E-state index contributed by atoms with van der Waals surface area (Å²) in [7, 11) is -2.44. The molecule has 0 radical (unpaired) electrons. The maximum atomic E-state index is 13.8. The number of fused-ring (bicyclic) bond motifs is 1. The van der Waals surface area contributed by atoms with Crippen LogP contribution in [0.25, 0.3) is 10.9 Å². The second-order valence-corrected chi connectivity index (χ2v) is 7.87. The number of pyridine rings is 1. The maximum absolute atomic E-state index is 13.8. The van der Waals surface area contributed by atoms with Gasteiger partial charge in [0.25, 0.3) is 0 Å². The van der Waals surface area contributed by atoms with Gasteiger partial charge in [0, 0.05) is 16.4 Å². The molecule has 0 unspecified atom stereocenters. The fourth-order valence-electron chi connectivity index (χ4n) is 2.18. The molecule has 0 amide bonds. The summed E-state index contributed by atoms with van der Waals surface area (Å²) >= 11 is 0. The van der Waals surface area contributed by atoms with Crippen LogP contribution in [-0.2, 0) is 4.57 Å². The van der Waals surface area contributed by atoms with Gasteiger partial charge in [0.1, 0.15) is 18.5 Å². The number of hydrogen-bond acceptors (Lipinski definition) is 2. The summed E-state index contributed by atoms with van der Waals surface area (Å²) in [4.78, 5) is 4.19. The monoisotopic (exact) mass is 251 g/mol. The third-order valence-corrected chi connectivity index (χ3v) is 4.44. The van der Waals surface area contributed by atoms with E-state index < -0.39 is 7.14 Å². The van der Waals surface area contributed by atoms with Gasteiger partial charge in [-0.15, -0.1) is 0 Å². The quantitative estimate of drug-likeness (QED) is 0.728. The minimum Gasteiger partial charge on any atom is -0.319 e. The zero-order chi connectivity index (χ0) is 12.8. The molecule has 0 aliphatic heterocycles. The molecular weight excluding hydrogens is 236 g/mol. The highest BCUT2D eigenvalue weighted by Crippen LogP contribution is 2.39. The van der Waals surface area contributed by atoms with Gasteiger partial charge < -0.3 is 4.57 Å². The molecule has 1 aromatic carbocycles. The van der Waals surface area contributed by atoms with Crippen molar-refractivity contribution in [1.82, 2.24) is 4.98 Å². The molecule has 2 aromatic rings. The van der Waals surface area contributed by atoms with Crippen molar-refractivity contribution in [2.45, 2.75) is 13.8 Å². The third kappa shape index (κ3) is 2.12. The van der Waals surface area contributed by atoms with Crippen molar-refractivity contribution in [2.24, 2.45) is 0 Å². The van der Waals surface area contributed by atoms with Crippen LogP contribution in [0.15, 0.2) is 18.2 Å². The van der Waals surface area contributed by atoms with Crippen LogP contribution in [0.5, 0.6) is 0 Å². The third-order valence-electron chi connectivity index (χ3n) is 2.77. The van der Waals surface area contributed by atoms with Gasteiger partial charge in [-0.2, -0.15) is 0 Å². The summed E-state index contributed by atoms with van der Waals surface area (Å²) in [5.41, 5.74) is 1.80. The second kappa shape index (κ2) is 3.92. The predicted octanol–water partition coefficient (Wildman–Crippen LogP) is 3.24. The molecule has 90 valence electrons. The molecule has 0 N–H and O–H groups in total. The fourth-order valence-corrected chi connectivity index (χ4v) is 3.86. The van der Waals surface area contributed by atoms with Crippen LogP contribution in [0.3, 0.4) is 0 Å². The highest BCUT2D eigenvalue weighted by Gasteiger charge is 2.20. The second-order valence-electron chi connectivity index (χ2n) is 4.72. The fraction of sp³-hybridized carbons (Fsp3) is 0.308. The lowest BCUT2D eigenvalue weighted by molar-refractivity contribution is 0.588.